The summed E-state index contributed by atoms with van der Waals surface area (Å²) in [5.74, 6) is 0.0891. The number of anilines is 1. The van der Waals surface area contributed by atoms with Crippen molar-refractivity contribution in [3.05, 3.63) is 83.4 Å². The predicted molar refractivity (Wildman–Crippen MR) is 160 cm³/mol. The maximum atomic E-state index is 14.0. The van der Waals surface area contributed by atoms with E-state index in [-0.39, 0.29) is 34.1 Å². The van der Waals surface area contributed by atoms with Crippen molar-refractivity contribution in [2.24, 2.45) is 0 Å². The monoisotopic (exact) mass is 601 g/mol. The van der Waals surface area contributed by atoms with Gasteiger partial charge in [0.25, 0.3) is 10.0 Å². The average Bonchev–Trinajstić information content (AvgIpc) is 2.98. The van der Waals surface area contributed by atoms with Crippen LogP contribution in [0.1, 0.15) is 32.8 Å². The Labute approximate surface area is 247 Å². The van der Waals surface area contributed by atoms with Gasteiger partial charge in [-0.1, -0.05) is 48.9 Å². The number of carbonyl (C=O) groups is 2. The van der Waals surface area contributed by atoms with E-state index in [1.807, 2.05) is 13.8 Å². The number of hydrogen-bond acceptors (Lipinski definition) is 6. The van der Waals surface area contributed by atoms with Crippen LogP contribution in [0.3, 0.4) is 0 Å². The van der Waals surface area contributed by atoms with Crippen LogP contribution in [-0.2, 0) is 26.2 Å². The molecule has 0 fully saturated rings. The Bertz CT molecular complexity index is 1430. The normalized spacial score (nSPS) is 12.6. The number of rotatable bonds is 13. The molecule has 2 amide bonds. The van der Waals surface area contributed by atoms with E-state index in [4.69, 9.17) is 21.1 Å². The first-order valence-corrected chi connectivity index (χ1v) is 15.0. The van der Waals surface area contributed by atoms with E-state index in [0.29, 0.717) is 17.9 Å². The number of hydrogen-bond donors (Lipinski definition) is 1. The molecule has 0 heterocycles. The third kappa shape index (κ3) is 7.92. The smallest absolute Gasteiger partial charge is 0.264 e. The van der Waals surface area contributed by atoms with Crippen molar-refractivity contribution in [3.8, 4) is 11.5 Å². The van der Waals surface area contributed by atoms with Gasteiger partial charge in [0, 0.05) is 12.6 Å². The summed E-state index contributed by atoms with van der Waals surface area (Å²) in [6, 6.07) is 18.4. The summed E-state index contributed by atoms with van der Waals surface area (Å²) in [6.45, 7) is 4.95. The van der Waals surface area contributed by atoms with Gasteiger partial charge >= 0.3 is 0 Å². The standard InChI is InChI=1S/C30H36ClN3O6S/c1-6-21(2)32-30(36)22(3)33(19-23-12-15-25(39-4)16-13-23)29(35)20-34(24-14-17-28(40-5)27(31)18-24)41(37,38)26-10-8-7-9-11-26/h7-18,21-22H,6,19-20H2,1-5H3,(H,32,36). The fourth-order valence-electron chi connectivity index (χ4n) is 4.03. The summed E-state index contributed by atoms with van der Waals surface area (Å²) >= 11 is 6.35. The second-order valence-electron chi connectivity index (χ2n) is 9.51. The van der Waals surface area contributed by atoms with E-state index in [1.54, 1.807) is 56.5 Å². The number of nitrogens with one attached hydrogen (secondary N) is 1. The van der Waals surface area contributed by atoms with Gasteiger partial charge in [-0.2, -0.15) is 0 Å². The lowest BCUT2D eigenvalue weighted by Gasteiger charge is -2.32. The zero-order chi connectivity index (χ0) is 30.2. The Hall–Kier alpha value is -3.76. The van der Waals surface area contributed by atoms with Gasteiger partial charge in [0.2, 0.25) is 11.8 Å². The molecule has 11 heteroatoms. The average molecular weight is 602 g/mol. The number of methoxy groups -OCH3 is 2. The number of benzene rings is 3. The number of halogens is 1. The third-order valence-corrected chi connectivity index (χ3v) is 8.80. The first kappa shape index (κ1) is 31.8. The zero-order valence-electron chi connectivity index (χ0n) is 23.8. The summed E-state index contributed by atoms with van der Waals surface area (Å²) in [5.41, 5.74) is 0.918. The third-order valence-electron chi connectivity index (χ3n) is 6.71. The van der Waals surface area contributed by atoms with E-state index < -0.39 is 28.5 Å². The van der Waals surface area contributed by atoms with Crippen LogP contribution in [0.25, 0.3) is 0 Å². The molecule has 0 aliphatic rings. The highest BCUT2D eigenvalue weighted by molar-refractivity contribution is 7.92. The lowest BCUT2D eigenvalue weighted by Crippen LogP contribution is -2.52. The van der Waals surface area contributed by atoms with Crippen molar-refractivity contribution in [1.82, 2.24) is 10.2 Å². The topological polar surface area (TPSA) is 105 Å². The minimum atomic E-state index is -4.20. The van der Waals surface area contributed by atoms with Gasteiger partial charge in [-0.05, 0) is 68.3 Å². The van der Waals surface area contributed by atoms with E-state index in [1.165, 1.54) is 42.3 Å². The molecule has 0 aromatic heterocycles. The van der Waals surface area contributed by atoms with Crippen LogP contribution in [-0.4, -0.2) is 58.0 Å². The van der Waals surface area contributed by atoms with E-state index in [0.717, 1.165) is 9.87 Å². The Morgan fingerprint density at radius 1 is 0.951 bits per heavy atom. The number of amides is 2. The van der Waals surface area contributed by atoms with Crippen molar-refractivity contribution in [1.29, 1.82) is 0 Å². The molecular formula is C30H36ClN3O6S. The molecule has 2 unspecified atom stereocenters. The zero-order valence-corrected chi connectivity index (χ0v) is 25.4. The second-order valence-corrected chi connectivity index (χ2v) is 11.8. The first-order chi connectivity index (χ1) is 19.5. The SMILES string of the molecule is CCC(C)NC(=O)C(C)N(Cc1ccc(OC)cc1)C(=O)CN(c1ccc(OC)c(Cl)c1)S(=O)(=O)c1ccccc1. The van der Waals surface area contributed by atoms with Gasteiger partial charge in [-0.3, -0.25) is 13.9 Å². The van der Waals surface area contributed by atoms with Crippen molar-refractivity contribution < 1.29 is 27.5 Å². The van der Waals surface area contributed by atoms with Crippen molar-refractivity contribution in [3.63, 3.8) is 0 Å². The molecule has 3 aromatic rings. The van der Waals surface area contributed by atoms with Crippen LogP contribution in [0.2, 0.25) is 5.02 Å². The summed E-state index contributed by atoms with van der Waals surface area (Å²) in [6.07, 6.45) is 0.714. The predicted octanol–water partition coefficient (Wildman–Crippen LogP) is 4.88. The fourth-order valence-corrected chi connectivity index (χ4v) is 5.71. The highest BCUT2D eigenvalue weighted by Crippen LogP contribution is 2.32. The Balaban J connectivity index is 2.04. The van der Waals surface area contributed by atoms with Gasteiger partial charge in [0.15, 0.2) is 0 Å². The van der Waals surface area contributed by atoms with Crippen LogP contribution in [0.15, 0.2) is 77.7 Å². The van der Waals surface area contributed by atoms with Crippen molar-refractivity contribution in [2.45, 2.75) is 50.7 Å². The second kappa shape index (κ2) is 14.2. The van der Waals surface area contributed by atoms with E-state index in [9.17, 15) is 18.0 Å². The van der Waals surface area contributed by atoms with Gasteiger partial charge in [-0.15, -0.1) is 0 Å². The van der Waals surface area contributed by atoms with Gasteiger partial charge in [0.1, 0.15) is 24.1 Å². The highest BCUT2D eigenvalue weighted by atomic mass is 35.5. The van der Waals surface area contributed by atoms with Crippen LogP contribution >= 0.6 is 11.6 Å². The Morgan fingerprint density at radius 3 is 2.17 bits per heavy atom. The largest absolute Gasteiger partial charge is 0.497 e. The molecule has 0 saturated carbocycles. The molecule has 0 radical (unpaired) electrons. The molecule has 9 nitrogen and oxygen atoms in total. The molecule has 1 N–H and O–H groups in total. The molecule has 2 atom stereocenters. The highest BCUT2D eigenvalue weighted by Gasteiger charge is 2.33. The molecule has 0 spiro atoms. The maximum absolute atomic E-state index is 14.0. The van der Waals surface area contributed by atoms with Gasteiger partial charge in [-0.25, -0.2) is 8.42 Å². The van der Waals surface area contributed by atoms with Gasteiger partial charge < -0.3 is 19.7 Å². The van der Waals surface area contributed by atoms with E-state index >= 15 is 0 Å². The van der Waals surface area contributed by atoms with Gasteiger partial charge in [0.05, 0.1) is 29.8 Å². The maximum Gasteiger partial charge on any atom is 0.264 e. The summed E-state index contributed by atoms with van der Waals surface area (Å²) in [5, 5.41) is 3.10. The number of ether oxygens (including phenoxy) is 2. The molecule has 220 valence electrons. The number of carbonyl (C=O) groups excluding carboxylic acids is 2. The quantitative estimate of drug-likeness (QED) is 0.299. The van der Waals surface area contributed by atoms with Crippen molar-refractivity contribution in [2.75, 3.05) is 25.1 Å². The van der Waals surface area contributed by atoms with Crippen LogP contribution in [0.4, 0.5) is 5.69 Å². The molecule has 0 aliphatic carbocycles. The lowest BCUT2D eigenvalue weighted by molar-refractivity contribution is -0.139. The molecular weight excluding hydrogens is 566 g/mol. The molecule has 3 aromatic carbocycles. The fraction of sp³-hybridized carbons (Fsp3) is 0.333. The molecule has 0 bridgehead atoms. The van der Waals surface area contributed by atoms with Crippen molar-refractivity contribution >= 4 is 39.1 Å². The van der Waals surface area contributed by atoms with E-state index in [2.05, 4.69) is 5.32 Å². The Kier molecular flexibility index (Phi) is 11.0. The van der Waals surface area contributed by atoms with Crippen LogP contribution in [0.5, 0.6) is 11.5 Å². The first-order valence-electron chi connectivity index (χ1n) is 13.2. The summed E-state index contributed by atoms with van der Waals surface area (Å²) < 4.78 is 39.2. The van der Waals surface area contributed by atoms with Crippen LogP contribution in [0, 0.1) is 0 Å². The summed E-state index contributed by atoms with van der Waals surface area (Å²) in [7, 11) is -1.20. The number of sulfonamides is 1. The minimum Gasteiger partial charge on any atom is -0.497 e. The van der Waals surface area contributed by atoms with Crippen LogP contribution < -0.4 is 19.1 Å². The number of nitrogens with zero attached hydrogens (tertiary/aromatic N) is 2. The lowest BCUT2D eigenvalue weighted by atomic mass is 10.1. The molecule has 0 saturated heterocycles. The molecule has 3 rings (SSSR count). The minimum absolute atomic E-state index is 0.00371. The Morgan fingerprint density at radius 2 is 1.61 bits per heavy atom. The molecule has 0 aliphatic heterocycles. The molecule has 41 heavy (non-hydrogen) atoms. The summed E-state index contributed by atoms with van der Waals surface area (Å²) in [4.78, 5) is 28.5.